The Labute approximate surface area is 181 Å². The number of halogens is 2. The van der Waals surface area contributed by atoms with Gasteiger partial charge >= 0.3 is 0 Å². The van der Waals surface area contributed by atoms with Gasteiger partial charge in [-0.2, -0.15) is 0 Å². The second-order valence-electron chi connectivity index (χ2n) is 6.79. The molecule has 5 nitrogen and oxygen atoms in total. The van der Waals surface area contributed by atoms with Crippen molar-refractivity contribution in [3.8, 4) is 5.75 Å². The Kier molecular flexibility index (Phi) is 5.55. The fraction of sp³-hybridized carbons (Fsp3) is 0.130. The Morgan fingerprint density at radius 3 is 2.27 bits per heavy atom. The molecule has 2 amide bonds. The maximum atomic E-state index is 14.4. The van der Waals surface area contributed by atoms with Crippen LogP contribution in [0, 0.1) is 5.82 Å². The highest BCUT2D eigenvalue weighted by Gasteiger charge is 2.42. The molecule has 0 radical (unpaired) electrons. The third kappa shape index (κ3) is 3.68. The van der Waals surface area contributed by atoms with Crippen LogP contribution in [0.2, 0.25) is 0 Å². The minimum Gasteiger partial charge on any atom is -0.497 e. The molecule has 3 aromatic rings. The van der Waals surface area contributed by atoms with Crippen molar-refractivity contribution in [2.24, 2.45) is 0 Å². The summed E-state index contributed by atoms with van der Waals surface area (Å²) in [5, 5.41) is 0. The second kappa shape index (κ2) is 8.28. The van der Waals surface area contributed by atoms with E-state index in [1.165, 1.54) is 21.9 Å². The van der Waals surface area contributed by atoms with E-state index in [1.54, 1.807) is 67.8 Å². The van der Waals surface area contributed by atoms with Crippen molar-refractivity contribution in [1.29, 1.82) is 0 Å². The van der Waals surface area contributed by atoms with Gasteiger partial charge in [0.2, 0.25) is 5.91 Å². The standard InChI is InChI=1S/C23H18BrFN2O3/c1-30-18-12-6-15(7-13-18)22-23(29)26(20-5-3-2-4-19(20)25)14-21(28)27(22)17-10-8-16(24)9-11-17/h2-13,22H,14H2,1H3. The van der Waals surface area contributed by atoms with Gasteiger partial charge in [-0.3, -0.25) is 19.4 Å². The molecule has 0 N–H and O–H groups in total. The van der Waals surface area contributed by atoms with Crippen LogP contribution in [-0.4, -0.2) is 25.5 Å². The van der Waals surface area contributed by atoms with Crippen molar-refractivity contribution in [2.45, 2.75) is 6.04 Å². The highest BCUT2D eigenvalue weighted by Crippen LogP contribution is 2.36. The second-order valence-corrected chi connectivity index (χ2v) is 7.71. The molecule has 0 spiro atoms. The molecule has 1 fully saturated rings. The van der Waals surface area contributed by atoms with Crippen LogP contribution in [0.15, 0.2) is 77.3 Å². The number of benzene rings is 3. The SMILES string of the molecule is COc1ccc(C2C(=O)N(c3ccccc3F)CC(=O)N2c2ccc(Br)cc2)cc1. The maximum absolute atomic E-state index is 14.4. The van der Waals surface area contributed by atoms with Crippen LogP contribution in [0.1, 0.15) is 11.6 Å². The molecule has 3 aromatic carbocycles. The molecule has 1 unspecified atom stereocenters. The zero-order chi connectivity index (χ0) is 21.3. The van der Waals surface area contributed by atoms with Crippen LogP contribution in [0.25, 0.3) is 0 Å². The first-order chi connectivity index (χ1) is 14.5. The fourth-order valence-corrected chi connectivity index (χ4v) is 3.80. The Bertz CT molecular complexity index is 1090. The first-order valence-electron chi connectivity index (χ1n) is 9.27. The summed E-state index contributed by atoms with van der Waals surface area (Å²) in [5.41, 5.74) is 1.29. The van der Waals surface area contributed by atoms with Gasteiger partial charge in [0.05, 0.1) is 12.8 Å². The lowest BCUT2D eigenvalue weighted by Gasteiger charge is -2.40. The van der Waals surface area contributed by atoms with Crippen molar-refractivity contribution in [1.82, 2.24) is 0 Å². The number of nitrogens with zero attached hydrogens (tertiary/aromatic N) is 2. The molecule has 30 heavy (non-hydrogen) atoms. The molecule has 1 aliphatic rings. The number of piperazine rings is 1. The van der Waals surface area contributed by atoms with Gasteiger partial charge < -0.3 is 4.74 Å². The third-order valence-corrected chi connectivity index (χ3v) is 5.53. The summed E-state index contributed by atoms with van der Waals surface area (Å²) in [4.78, 5) is 29.4. The van der Waals surface area contributed by atoms with Crippen LogP contribution < -0.4 is 14.5 Å². The lowest BCUT2D eigenvalue weighted by Crippen LogP contribution is -2.56. The average Bonchev–Trinajstić information content (AvgIpc) is 2.76. The van der Waals surface area contributed by atoms with Gasteiger partial charge in [-0.1, -0.05) is 40.2 Å². The number of carbonyl (C=O) groups is 2. The molecule has 1 aliphatic heterocycles. The van der Waals surface area contributed by atoms with E-state index < -0.39 is 11.9 Å². The number of anilines is 2. The molecule has 1 saturated heterocycles. The summed E-state index contributed by atoms with van der Waals surface area (Å²) in [6.07, 6.45) is 0. The van der Waals surface area contributed by atoms with Gasteiger partial charge in [0.15, 0.2) is 0 Å². The van der Waals surface area contributed by atoms with Crippen LogP contribution in [0.3, 0.4) is 0 Å². The highest BCUT2D eigenvalue weighted by molar-refractivity contribution is 9.10. The molecule has 0 saturated carbocycles. The van der Waals surface area contributed by atoms with Gasteiger partial charge in [-0.15, -0.1) is 0 Å². The topological polar surface area (TPSA) is 49.9 Å². The first-order valence-corrected chi connectivity index (χ1v) is 10.1. The zero-order valence-electron chi connectivity index (χ0n) is 16.1. The average molecular weight is 469 g/mol. The smallest absolute Gasteiger partial charge is 0.255 e. The Morgan fingerprint density at radius 2 is 1.63 bits per heavy atom. The molecule has 4 rings (SSSR count). The molecule has 0 bridgehead atoms. The monoisotopic (exact) mass is 468 g/mol. The number of hydrogen-bond donors (Lipinski definition) is 0. The lowest BCUT2D eigenvalue weighted by atomic mass is 9.99. The van der Waals surface area contributed by atoms with Crippen LogP contribution >= 0.6 is 15.9 Å². The molecule has 1 heterocycles. The van der Waals surface area contributed by atoms with Crippen molar-refractivity contribution in [3.63, 3.8) is 0 Å². The third-order valence-electron chi connectivity index (χ3n) is 5.00. The molecule has 0 aliphatic carbocycles. The summed E-state index contributed by atoms with van der Waals surface area (Å²) in [7, 11) is 1.55. The highest BCUT2D eigenvalue weighted by atomic mass is 79.9. The molecular formula is C23H18BrFN2O3. The number of carbonyl (C=O) groups excluding carboxylic acids is 2. The van der Waals surface area contributed by atoms with Gasteiger partial charge in [0.25, 0.3) is 5.91 Å². The Morgan fingerprint density at radius 1 is 0.967 bits per heavy atom. The number of ether oxygens (including phenoxy) is 1. The van der Waals surface area contributed by atoms with Crippen molar-refractivity contribution < 1.29 is 18.7 Å². The molecule has 152 valence electrons. The van der Waals surface area contributed by atoms with E-state index in [0.29, 0.717) is 17.0 Å². The molecule has 7 heteroatoms. The Hall–Kier alpha value is -3.19. The van der Waals surface area contributed by atoms with Crippen molar-refractivity contribution in [2.75, 3.05) is 23.5 Å². The number of amides is 2. The predicted octanol–water partition coefficient (Wildman–Crippen LogP) is 4.72. The number of para-hydroxylation sites is 1. The minimum atomic E-state index is -0.932. The van der Waals surface area contributed by atoms with Crippen molar-refractivity contribution >= 4 is 39.1 Å². The van der Waals surface area contributed by atoms with E-state index in [2.05, 4.69) is 15.9 Å². The zero-order valence-corrected chi connectivity index (χ0v) is 17.7. The van der Waals surface area contributed by atoms with Crippen LogP contribution in [-0.2, 0) is 9.59 Å². The van der Waals surface area contributed by atoms with Crippen LogP contribution in [0.4, 0.5) is 15.8 Å². The van der Waals surface area contributed by atoms with Gasteiger partial charge in [-0.05, 0) is 54.1 Å². The van der Waals surface area contributed by atoms with E-state index in [4.69, 9.17) is 4.74 Å². The fourth-order valence-electron chi connectivity index (χ4n) is 3.54. The number of rotatable bonds is 4. The summed E-state index contributed by atoms with van der Waals surface area (Å²) in [5.74, 6) is -0.604. The summed E-state index contributed by atoms with van der Waals surface area (Å²) < 4.78 is 20.5. The Balaban J connectivity index is 1.82. The van der Waals surface area contributed by atoms with Gasteiger partial charge in [0, 0.05) is 10.2 Å². The largest absolute Gasteiger partial charge is 0.497 e. The first kappa shape index (κ1) is 20.1. The molecule has 0 aromatic heterocycles. The van der Waals surface area contributed by atoms with E-state index >= 15 is 0 Å². The predicted molar refractivity (Wildman–Crippen MR) is 116 cm³/mol. The number of hydrogen-bond acceptors (Lipinski definition) is 3. The summed E-state index contributed by atoms with van der Waals surface area (Å²) in [6.45, 7) is -0.248. The summed E-state index contributed by atoms with van der Waals surface area (Å²) >= 11 is 3.39. The summed E-state index contributed by atoms with van der Waals surface area (Å²) in [6, 6.07) is 19.1. The van der Waals surface area contributed by atoms with E-state index in [-0.39, 0.29) is 24.0 Å². The van der Waals surface area contributed by atoms with E-state index in [9.17, 15) is 14.0 Å². The van der Waals surface area contributed by atoms with Crippen LogP contribution in [0.5, 0.6) is 5.75 Å². The van der Waals surface area contributed by atoms with E-state index in [1.807, 2.05) is 0 Å². The maximum Gasteiger partial charge on any atom is 0.255 e. The number of methoxy groups -OCH3 is 1. The van der Waals surface area contributed by atoms with E-state index in [0.717, 1.165) is 4.47 Å². The van der Waals surface area contributed by atoms with Gasteiger partial charge in [0.1, 0.15) is 24.2 Å². The molecule has 1 atom stereocenters. The minimum absolute atomic E-state index is 0.0878. The lowest BCUT2D eigenvalue weighted by molar-refractivity contribution is -0.128. The van der Waals surface area contributed by atoms with Crippen molar-refractivity contribution in [3.05, 3.63) is 88.6 Å². The van der Waals surface area contributed by atoms with Gasteiger partial charge in [-0.25, -0.2) is 4.39 Å². The molecular weight excluding hydrogens is 451 g/mol. The normalized spacial score (nSPS) is 16.7. The quantitative estimate of drug-likeness (QED) is 0.556.